The lowest BCUT2D eigenvalue weighted by Crippen LogP contribution is -2.34. The highest BCUT2D eigenvalue weighted by Gasteiger charge is 2.42. The Morgan fingerprint density at radius 2 is 2.06 bits per heavy atom. The van der Waals surface area contributed by atoms with E-state index in [0.717, 1.165) is 42.1 Å². The van der Waals surface area contributed by atoms with Crippen LogP contribution < -0.4 is 26.6 Å². The van der Waals surface area contributed by atoms with E-state index in [0.29, 0.717) is 41.6 Å². The van der Waals surface area contributed by atoms with Gasteiger partial charge in [-0.25, -0.2) is 9.78 Å². The van der Waals surface area contributed by atoms with E-state index in [-0.39, 0.29) is 30.0 Å². The van der Waals surface area contributed by atoms with Crippen molar-refractivity contribution in [3.05, 3.63) is 26.7 Å². The van der Waals surface area contributed by atoms with Gasteiger partial charge in [-0.05, 0) is 80.5 Å². The van der Waals surface area contributed by atoms with E-state index >= 15 is 0 Å². The average Bonchev–Trinajstić information content (AvgIpc) is 3.67. The average molecular weight is 616 g/mol. The third-order valence-corrected chi connectivity index (χ3v) is 8.01. The number of pyridine rings is 1. The number of methoxy groups -OCH3 is 1. The number of amides is 1. The first-order chi connectivity index (χ1) is 17.3. The predicted octanol–water partition coefficient (Wildman–Crippen LogP) is 3.37. The summed E-state index contributed by atoms with van der Waals surface area (Å²) in [5, 5.41) is 5.89. The molecule has 1 aromatic heterocycles. The first kappa shape index (κ1) is 28.3. The number of aryl methyl sites for hydroxylation is 1. The van der Waals surface area contributed by atoms with Crippen LogP contribution in [0, 0.1) is 21.8 Å². The fourth-order valence-corrected chi connectivity index (χ4v) is 5.15. The van der Waals surface area contributed by atoms with Gasteiger partial charge in [0.1, 0.15) is 11.4 Å². The second-order valence-electron chi connectivity index (χ2n) is 9.56. The van der Waals surface area contributed by atoms with Crippen LogP contribution in [-0.4, -0.2) is 50.5 Å². The molecule has 200 valence electrons. The number of likely N-dealkylation sites (N-methyl/N-ethyl adjacent to an activating group) is 1. The first-order valence-corrected chi connectivity index (χ1v) is 13.5. The van der Waals surface area contributed by atoms with Crippen molar-refractivity contribution in [2.45, 2.75) is 64.9 Å². The number of rotatable bonds is 11. The Bertz CT molecular complexity index is 982. The highest BCUT2D eigenvalue weighted by atomic mass is 127. The van der Waals surface area contributed by atoms with Crippen molar-refractivity contribution in [3.8, 4) is 5.75 Å². The Labute approximate surface area is 226 Å². The molecule has 0 bridgehead atoms. The predicted molar refractivity (Wildman–Crippen MR) is 145 cm³/mol. The highest BCUT2D eigenvalue weighted by Crippen LogP contribution is 2.48. The zero-order valence-electron chi connectivity index (χ0n) is 21.5. The Morgan fingerprint density at radius 1 is 1.31 bits per heavy atom. The maximum Gasteiger partial charge on any atom is 0.407 e. The molecule has 0 unspecified atom stereocenters. The van der Waals surface area contributed by atoms with Gasteiger partial charge in [0.05, 0.1) is 49.4 Å². The minimum atomic E-state index is -0.459. The molecular weight excluding hydrogens is 577 g/mol. The fraction of sp³-hybridized carbons (Fsp3) is 0.640. The molecule has 5 N–H and O–H groups in total. The summed E-state index contributed by atoms with van der Waals surface area (Å²) in [7, 11) is 3.18. The standard InChI is InChI=1S/C25H38IN5O5/c1-5-25(9-10-25)14-35-24(33)29-13-19(28-3)22(31-27)21-18(26)12-20(15(2)30-21)36-17-8-6-7-16(11-17)23(32)34-4/h12,16-17,28,31H,5-11,13-14,27H2,1-4H3,(H,29,33)/b22-19-/t16-,17-/m0/s1. The number of aromatic nitrogens is 1. The number of hydrazine groups is 1. The number of carbonyl (C=O) groups is 2. The van der Waals surface area contributed by atoms with Crippen molar-refractivity contribution in [2.75, 3.05) is 27.3 Å². The number of hydrogen-bond donors (Lipinski definition) is 4. The molecular formula is C25H38IN5O5. The van der Waals surface area contributed by atoms with E-state index < -0.39 is 6.09 Å². The molecule has 0 radical (unpaired) electrons. The molecule has 2 aliphatic rings. The van der Waals surface area contributed by atoms with Crippen LogP contribution in [0.5, 0.6) is 5.75 Å². The SMILES string of the molecule is CCC1(COC(=O)NC/C(NC)=C(/NN)c2nc(C)c(O[C@H]3CCC[C@H](C(=O)OC)C3)cc2I)CC1. The van der Waals surface area contributed by atoms with E-state index in [9.17, 15) is 9.59 Å². The molecule has 1 heterocycles. The molecule has 0 aliphatic heterocycles. The third kappa shape index (κ3) is 7.15. The Balaban J connectivity index is 1.69. The van der Waals surface area contributed by atoms with Gasteiger partial charge in [0.15, 0.2) is 0 Å². The minimum Gasteiger partial charge on any atom is -0.488 e. The van der Waals surface area contributed by atoms with Gasteiger partial charge >= 0.3 is 12.1 Å². The first-order valence-electron chi connectivity index (χ1n) is 12.5. The second kappa shape index (κ2) is 12.8. The van der Waals surface area contributed by atoms with Gasteiger partial charge in [0, 0.05) is 16.0 Å². The number of carbonyl (C=O) groups excluding carboxylic acids is 2. The molecule has 2 fully saturated rings. The van der Waals surface area contributed by atoms with Crippen molar-refractivity contribution >= 4 is 40.4 Å². The summed E-state index contributed by atoms with van der Waals surface area (Å²) in [5.41, 5.74) is 5.47. The zero-order chi connectivity index (χ0) is 26.3. The third-order valence-electron chi connectivity index (χ3n) is 7.19. The van der Waals surface area contributed by atoms with Crippen LogP contribution in [0.4, 0.5) is 4.79 Å². The topological polar surface area (TPSA) is 137 Å². The smallest absolute Gasteiger partial charge is 0.407 e. The van der Waals surface area contributed by atoms with E-state index in [1.165, 1.54) is 7.11 Å². The van der Waals surface area contributed by atoms with E-state index in [1.807, 2.05) is 13.0 Å². The van der Waals surface area contributed by atoms with E-state index in [1.54, 1.807) is 7.05 Å². The summed E-state index contributed by atoms with van der Waals surface area (Å²) in [6.07, 6.45) is 5.94. The molecule has 11 heteroatoms. The van der Waals surface area contributed by atoms with Gasteiger partial charge in [-0.2, -0.15) is 0 Å². The molecule has 3 rings (SSSR count). The van der Waals surface area contributed by atoms with Crippen molar-refractivity contribution < 1.29 is 23.8 Å². The monoisotopic (exact) mass is 615 g/mol. The highest BCUT2D eigenvalue weighted by molar-refractivity contribution is 14.1. The normalized spacial score (nSPS) is 21.1. The van der Waals surface area contributed by atoms with Crippen LogP contribution in [0.25, 0.3) is 5.70 Å². The molecule has 2 saturated carbocycles. The number of halogens is 1. The number of hydrogen-bond acceptors (Lipinski definition) is 9. The molecule has 10 nitrogen and oxygen atoms in total. The van der Waals surface area contributed by atoms with E-state index in [4.69, 9.17) is 25.0 Å². The summed E-state index contributed by atoms with van der Waals surface area (Å²) in [6.45, 7) is 4.63. The van der Waals surface area contributed by atoms with Gasteiger partial charge in [0.2, 0.25) is 0 Å². The van der Waals surface area contributed by atoms with Gasteiger partial charge in [-0.15, -0.1) is 0 Å². The molecule has 2 aliphatic carbocycles. The number of nitrogens with zero attached hydrogens (tertiary/aromatic N) is 1. The van der Waals surface area contributed by atoms with Crippen LogP contribution in [0.2, 0.25) is 0 Å². The molecule has 36 heavy (non-hydrogen) atoms. The van der Waals surface area contributed by atoms with Gasteiger partial charge in [0.25, 0.3) is 0 Å². The molecule has 1 amide bonds. The second-order valence-corrected chi connectivity index (χ2v) is 10.7. The van der Waals surface area contributed by atoms with Crippen molar-refractivity contribution in [3.63, 3.8) is 0 Å². The van der Waals surface area contributed by atoms with Gasteiger partial charge in [-0.1, -0.05) is 6.92 Å². The Hall–Kier alpha value is -2.28. The van der Waals surface area contributed by atoms with Gasteiger partial charge < -0.3 is 30.3 Å². The Morgan fingerprint density at radius 3 is 2.67 bits per heavy atom. The molecule has 0 spiro atoms. The number of esters is 1. The largest absolute Gasteiger partial charge is 0.488 e. The molecule has 2 atom stereocenters. The summed E-state index contributed by atoms with van der Waals surface area (Å²) in [4.78, 5) is 29.0. The number of alkyl carbamates (subject to hydrolysis) is 1. The van der Waals surface area contributed by atoms with Crippen LogP contribution in [0.3, 0.4) is 0 Å². The lowest BCUT2D eigenvalue weighted by molar-refractivity contribution is -0.147. The van der Waals surface area contributed by atoms with Crippen LogP contribution in [-0.2, 0) is 14.3 Å². The maximum absolute atomic E-state index is 12.2. The summed E-state index contributed by atoms with van der Waals surface area (Å²) in [6, 6.07) is 1.92. The molecule has 1 aromatic rings. The summed E-state index contributed by atoms with van der Waals surface area (Å²) in [5.74, 6) is 6.24. The molecule has 0 saturated heterocycles. The number of nitrogens with one attached hydrogen (secondary N) is 3. The fourth-order valence-electron chi connectivity index (χ4n) is 4.48. The maximum atomic E-state index is 12.2. The Kier molecular flexibility index (Phi) is 10.1. The van der Waals surface area contributed by atoms with Crippen molar-refractivity contribution in [1.29, 1.82) is 0 Å². The van der Waals surface area contributed by atoms with E-state index in [2.05, 4.69) is 45.6 Å². The van der Waals surface area contributed by atoms with Crippen LogP contribution in [0.1, 0.15) is 63.3 Å². The van der Waals surface area contributed by atoms with Crippen LogP contribution >= 0.6 is 22.6 Å². The lowest BCUT2D eigenvalue weighted by atomic mass is 9.87. The zero-order valence-corrected chi connectivity index (χ0v) is 23.7. The van der Waals surface area contributed by atoms with Crippen molar-refractivity contribution in [2.24, 2.45) is 17.2 Å². The van der Waals surface area contributed by atoms with Crippen molar-refractivity contribution in [1.82, 2.24) is 21.0 Å². The minimum absolute atomic E-state index is 0.0711. The number of nitrogens with two attached hydrogens (primary N) is 1. The number of ether oxygens (including phenoxy) is 3. The van der Waals surface area contributed by atoms with Crippen LogP contribution in [0.15, 0.2) is 11.8 Å². The lowest BCUT2D eigenvalue weighted by Gasteiger charge is -2.28. The quantitative estimate of drug-likeness (QED) is 0.128. The summed E-state index contributed by atoms with van der Waals surface area (Å²) < 4.78 is 17.4. The molecule has 0 aromatic carbocycles. The van der Waals surface area contributed by atoms with Gasteiger partial charge in [-0.3, -0.25) is 10.6 Å². The summed E-state index contributed by atoms with van der Waals surface area (Å²) >= 11 is 2.19.